The number of methoxy groups -OCH3 is 3. The minimum Gasteiger partial charge on any atom is -0.496 e. The van der Waals surface area contributed by atoms with Crippen LogP contribution in [0.4, 0.5) is 30.7 Å². The highest BCUT2D eigenvalue weighted by atomic mass is 35.5. The van der Waals surface area contributed by atoms with Crippen LogP contribution in [0.5, 0.6) is 34.6 Å². The fraction of sp³-hybridized carbons (Fsp3) is 0.432. The van der Waals surface area contributed by atoms with Gasteiger partial charge in [0.2, 0.25) is 5.88 Å². The Hall–Kier alpha value is -8.02. The molecule has 0 fully saturated rings. The molecule has 0 aliphatic rings. The van der Waals surface area contributed by atoms with Crippen molar-refractivity contribution in [1.82, 2.24) is 9.97 Å². The summed E-state index contributed by atoms with van der Waals surface area (Å²) in [6, 6.07) is 33.2. The standard InChI is InChI=1S/C12H15NO.C11H13F3O.C11H15FO.C11H13N.C10H11F3O.C10H15NO.C9H12ClNO/c1-4-14-12-6-5-10(8-13)7-11(12)9(2)3;1-7(2)9-6-8(11(12,13)14)4-5-10(9)15-3;1-4-13-11-6-5-9(12)7-10(11)8(2)3;1-8(2)11-6-10(7-12)5-4-9(11)3;1-6(2)8-5-7(11)3-4-9(8)14-10(12)13;1-7(2)10-9(12-4)6-5-8(3)11-10;1-6(2)8-4-7(10)5-11-9(8)12-3/h5-7,9H,4H2,1-3H3;4-7H,1-3H3;5-8H,4H2,1-3H3;4-6,8H,1-3H3;3-6,10H,1-2H3;5-7H,1-4H3;4-6H,1-3H3. The molecule has 0 N–H and O–H groups in total. The van der Waals surface area contributed by atoms with Gasteiger partial charge < -0.3 is 28.4 Å². The first-order chi connectivity index (χ1) is 43.1. The van der Waals surface area contributed by atoms with Gasteiger partial charge in [-0.05, 0) is 206 Å². The van der Waals surface area contributed by atoms with Crippen LogP contribution in [-0.4, -0.2) is 51.1 Å². The first-order valence-corrected chi connectivity index (χ1v) is 30.8. The van der Waals surface area contributed by atoms with Crippen LogP contribution in [0.15, 0.2) is 115 Å². The predicted molar refractivity (Wildman–Crippen MR) is 357 cm³/mol. The highest BCUT2D eigenvalue weighted by Crippen LogP contribution is 2.36. The number of aromatic nitrogens is 2. The lowest BCUT2D eigenvalue weighted by molar-refractivity contribution is -0.137. The first kappa shape index (κ1) is 82.0. The molecule has 7 rings (SSSR count). The Balaban J connectivity index is 0.000000537. The van der Waals surface area contributed by atoms with E-state index in [0.29, 0.717) is 70.2 Å². The number of aryl methyl sites for hydroxylation is 2. The molecule has 0 aliphatic heterocycles. The molecule has 18 heteroatoms. The van der Waals surface area contributed by atoms with Crippen LogP contribution in [0, 0.1) is 48.1 Å². The minimum absolute atomic E-state index is 0.00208. The predicted octanol–water partition coefficient (Wildman–Crippen LogP) is 22.2. The largest absolute Gasteiger partial charge is 0.496 e. The van der Waals surface area contributed by atoms with Gasteiger partial charge in [0.05, 0.1) is 74.1 Å². The lowest BCUT2D eigenvalue weighted by Gasteiger charge is -2.14. The number of benzene rings is 5. The third kappa shape index (κ3) is 28.7. The Morgan fingerprint density at radius 2 is 0.891 bits per heavy atom. The molecule has 7 aromatic rings. The smallest absolute Gasteiger partial charge is 0.416 e. The molecule has 2 aromatic heterocycles. The number of ether oxygens (including phenoxy) is 6. The average molecular weight is 1300 g/mol. The van der Waals surface area contributed by atoms with Crippen molar-refractivity contribution < 1.29 is 59.2 Å². The second-order valence-electron chi connectivity index (χ2n) is 23.0. The average Bonchev–Trinajstić information content (AvgIpc) is 1.17. The van der Waals surface area contributed by atoms with Crippen LogP contribution in [0.1, 0.15) is 219 Å². The molecule has 0 aliphatic carbocycles. The molecular formula is C74H94ClF7N4O6. The van der Waals surface area contributed by atoms with E-state index in [2.05, 4.69) is 89.2 Å². The Bertz CT molecular complexity index is 3350. The van der Waals surface area contributed by atoms with Gasteiger partial charge in [0.1, 0.15) is 40.4 Å². The number of hydrogen-bond donors (Lipinski definition) is 0. The number of rotatable bonds is 16. The number of pyridine rings is 2. The van der Waals surface area contributed by atoms with Crippen molar-refractivity contribution in [3.05, 3.63) is 199 Å². The quantitative estimate of drug-likeness (QED) is 0.0863. The second-order valence-corrected chi connectivity index (χ2v) is 23.4. The van der Waals surface area contributed by atoms with Gasteiger partial charge in [-0.1, -0.05) is 115 Å². The van der Waals surface area contributed by atoms with E-state index in [1.54, 1.807) is 46.4 Å². The maximum Gasteiger partial charge on any atom is 0.416 e. The lowest BCUT2D eigenvalue weighted by Crippen LogP contribution is -2.06. The van der Waals surface area contributed by atoms with Crippen LogP contribution < -0.4 is 28.4 Å². The van der Waals surface area contributed by atoms with Crippen molar-refractivity contribution in [3.8, 4) is 46.8 Å². The highest BCUT2D eigenvalue weighted by molar-refractivity contribution is 6.30. The zero-order valence-corrected chi connectivity index (χ0v) is 58.0. The van der Waals surface area contributed by atoms with Crippen molar-refractivity contribution >= 4 is 11.6 Å². The molecule has 0 radical (unpaired) electrons. The summed E-state index contributed by atoms with van der Waals surface area (Å²) in [7, 11) is 4.74. The van der Waals surface area contributed by atoms with Crippen molar-refractivity contribution in [1.29, 1.82) is 10.5 Å². The summed E-state index contributed by atoms with van der Waals surface area (Å²) in [5.74, 6) is 5.02. The molecule has 0 saturated carbocycles. The Morgan fingerprint density at radius 1 is 0.478 bits per heavy atom. The van der Waals surface area contributed by atoms with E-state index in [1.165, 1.54) is 48.6 Å². The summed E-state index contributed by atoms with van der Waals surface area (Å²) < 4.78 is 117. The third-order valence-electron chi connectivity index (χ3n) is 13.4. The van der Waals surface area contributed by atoms with E-state index >= 15 is 0 Å². The number of hydrogen-bond acceptors (Lipinski definition) is 10. The van der Waals surface area contributed by atoms with Crippen LogP contribution in [0.25, 0.3) is 0 Å². The molecule has 0 spiro atoms. The van der Waals surface area contributed by atoms with Crippen molar-refractivity contribution in [2.24, 2.45) is 0 Å². The summed E-state index contributed by atoms with van der Waals surface area (Å²) >= 11 is 5.80. The molecule has 0 saturated heterocycles. The first-order valence-electron chi connectivity index (χ1n) is 30.4. The summed E-state index contributed by atoms with van der Waals surface area (Å²) in [5.41, 5.74) is 9.54. The summed E-state index contributed by atoms with van der Waals surface area (Å²) in [4.78, 5) is 8.48. The topological polar surface area (TPSA) is 129 Å². The van der Waals surface area contributed by atoms with Gasteiger partial charge in [-0.15, -0.1) is 0 Å². The van der Waals surface area contributed by atoms with E-state index in [4.69, 9.17) is 45.8 Å². The maximum atomic E-state index is 12.9. The fourth-order valence-corrected chi connectivity index (χ4v) is 8.82. The fourth-order valence-electron chi connectivity index (χ4n) is 8.66. The van der Waals surface area contributed by atoms with E-state index in [-0.39, 0.29) is 29.3 Å². The lowest BCUT2D eigenvalue weighted by atomic mass is 9.96. The summed E-state index contributed by atoms with van der Waals surface area (Å²) in [6.45, 7) is 34.5. The Labute approximate surface area is 548 Å². The summed E-state index contributed by atoms with van der Waals surface area (Å²) in [6.07, 6.45) is -2.71. The number of halogens is 8. The Morgan fingerprint density at radius 3 is 1.32 bits per heavy atom. The maximum absolute atomic E-state index is 12.9. The number of nitrogens with zero attached hydrogens (tertiary/aromatic N) is 4. The molecular weight excluding hydrogens is 1210 g/mol. The zero-order chi connectivity index (χ0) is 70.2. The van der Waals surface area contributed by atoms with Crippen molar-refractivity contribution in [2.75, 3.05) is 34.5 Å². The Kier molecular flexibility index (Phi) is 36.9. The molecule has 502 valence electrons. The van der Waals surface area contributed by atoms with Gasteiger partial charge in [0.25, 0.3) is 0 Å². The van der Waals surface area contributed by atoms with Crippen molar-refractivity contribution in [3.63, 3.8) is 0 Å². The summed E-state index contributed by atoms with van der Waals surface area (Å²) in [5, 5.41) is 18.1. The SMILES string of the molecule is CC(C)c1cc(F)ccc1OC(F)F.CCOc1ccc(C#N)cc1C(C)C.CCOc1ccc(F)cc1C(C)C.COc1ccc(C(F)(F)F)cc1C(C)C.COc1ccc(C)nc1C(C)C.COc1ncc(Cl)cc1C(C)C.Cc1ccc(C#N)cc1C(C)C. The number of nitriles is 2. The zero-order valence-electron chi connectivity index (χ0n) is 57.3. The van der Waals surface area contributed by atoms with E-state index in [0.717, 1.165) is 69.1 Å². The normalized spacial score (nSPS) is 10.6. The van der Waals surface area contributed by atoms with E-state index in [1.807, 2.05) is 97.0 Å². The minimum atomic E-state index is -4.30. The molecule has 0 bridgehead atoms. The molecule has 0 unspecified atom stereocenters. The molecule has 0 atom stereocenters. The molecule has 2 heterocycles. The number of alkyl halides is 5. The van der Waals surface area contributed by atoms with E-state index in [9.17, 15) is 30.7 Å². The molecule has 5 aromatic carbocycles. The van der Waals surface area contributed by atoms with Gasteiger partial charge in [-0.3, -0.25) is 4.98 Å². The highest BCUT2D eigenvalue weighted by Gasteiger charge is 2.31. The van der Waals surface area contributed by atoms with Crippen LogP contribution in [0.3, 0.4) is 0 Å². The van der Waals surface area contributed by atoms with Crippen molar-refractivity contribution in [2.45, 2.75) is 179 Å². The second kappa shape index (κ2) is 41.5. The van der Waals surface area contributed by atoms with Gasteiger partial charge in [0, 0.05) is 17.5 Å². The molecule has 92 heavy (non-hydrogen) atoms. The van der Waals surface area contributed by atoms with Gasteiger partial charge in [0.15, 0.2) is 0 Å². The van der Waals surface area contributed by atoms with Crippen LogP contribution >= 0.6 is 11.6 Å². The van der Waals surface area contributed by atoms with Gasteiger partial charge >= 0.3 is 12.8 Å². The van der Waals surface area contributed by atoms with Gasteiger partial charge in [-0.2, -0.15) is 32.5 Å². The molecule has 0 amide bonds. The molecule has 10 nitrogen and oxygen atoms in total. The third-order valence-corrected chi connectivity index (χ3v) is 13.6. The van der Waals surface area contributed by atoms with Gasteiger partial charge in [-0.25, -0.2) is 13.8 Å². The van der Waals surface area contributed by atoms with E-state index < -0.39 is 24.2 Å². The van der Waals surface area contributed by atoms with Crippen LogP contribution in [0.2, 0.25) is 5.02 Å². The monoisotopic (exact) mass is 1300 g/mol. The van der Waals surface area contributed by atoms with Crippen LogP contribution in [-0.2, 0) is 6.18 Å².